The van der Waals surface area contributed by atoms with Crippen molar-refractivity contribution < 1.29 is 18.3 Å². The maximum Gasteiger partial charge on any atom is 0.387 e. The average molecular weight is 284 g/mol. The Morgan fingerprint density at radius 3 is 3.00 bits per heavy atom. The van der Waals surface area contributed by atoms with E-state index in [-0.39, 0.29) is 17.7 Å². The minimum atomic E-state index is -2.82. The maximum atomic E-state index is 12.2. The summed E-state index contributed by atoms with van der Waals surface area (Å²) in [6.07, 6.45) is 2.84. The van der Waals surface area contributed by atoms with Gasteiger partial charge in [-0.1, -0.05) is 6.07 Å². The van der Waals surface area contributed by atoms with E-state index in [9.17, 15) is 13.6 Å². The molecule has 1 atom stereocenters. The van der Waals surface area contributed by atoms with E-state index in [4.69, 9.17) is 5.73 Å². The fourth-order valence-electron chi connectivity index (χ4n) is 2.51. The number of carbonyl (C=O) groups is 1. The van der Waals surface area contributed by atoms with Gasteiger partial charge in [-0.15, -0.1) is 0 Å². The third kappa shape index (κ3) is 3.66. The Kier molecular flexibility index (Phi) is 4.89. The van der Waals surface area contributed by atoms with E-state index in [1.807, 2.05) is 0 Å². The molecule has 1 aromatic rings. The zero-order valence-corrected chi connectivity index (χ0v) is 11.1. The summed E-state index contributed by atoms with van der Waals surface area (Å²) >= 11 is 0. The number of hydrogen-bond donors (Lipinski definition) is 2. The van der Waals surface area contributed by atoms with Gasteiger partial charge in [0.05, 0.1) is 6.04 Å². The number of halogens is 2. The van der Waals surface area contributed by atoms with Crippen LogP contribution in [0.25, 0.3) is 0 Å². The Morgan fingerprint density at radius 1 is 1.50 bits per heavy atom. The second-order valence-electron chi connectivity index (χ2n) is 4.79. The Bertz CT molecular complexity index is 480. The van der Waals surface area contributed by atoms with E-state index in [0.29, 0.717) is 13.0 Å². The molecule has 1 aromatic carbocycles. The highest BCUT2D eigenvalue weighted by Gasteiger charge is 2.22. The molecule has 4 nitrogen and oxygen atoms in total. The molecule has 1 aliphatic carbocycles. The maximum absolute atomic E-state index is 12.2. The molecule has 1 aliphatic rings. The van der Waals surface area contributed by atoms with Crippen LogP contribution >= 0.6 is 0 Å². The van der Waals surface area contributed by atoms with Gasteiger partial charge >= 0.3 is 6.61 Å². The molecular formula is C14H18F2N2O2. The van der Waals surface area contributed by atoms with Crippen LogP contribution in [0.15, 0.2) is 18.2 Å². The highest BCUT2D eigenvalue weighted by Crippen LogP contribution is 2.32. The van der Waals surface area contributed by atoms with Crippen molar-refractivity contribution in [3.63, 3.8) is 0 Å². The molecule has 0 fully saturated rings. The molecule has 1 unspecified atom stereocenters. The van der Waals surface area contributed by atoms with Crippen LogP contribution in [0, 0.1) is 0 Å². The van der Waals surface area contributed by atoms with Crippen LogP contribution in [-0.4, -0.2) is 19.1 Å². The molecule has 6 heteroatoms. The van der Waals surface area contributed by atoms with Gasteiger partial charge in [-0.25, -0.2) is 0 Å². The minimum absolute atomic E-state index is 0.0709. The number of nitrogens with one attached hydrogen (secondary N) is 1. The van der Waals surface area contributed by atoms with Crippen LogP contribution in [0.5, 0.6) is 5.75 Å². The van der Waals surface area contributed by atoms with E-state index in [1.54, 1.807) is 12.1 Å². The lowest BCUT2D eigenvalue weighted by Crippen LogP contribution is -2.32. The van der Waals surface area contributed by atoms with Gasteiger partial charge in [0.1, 0.15) is 5.75 Å². The molecule has 0 aliphatic heterocycles. The van der Waals surface area contributed by atoms with Gasteiger partial charge in [0, 0.05) is 13.0 Å². The highest BCUT2D eigenvalue weighted by molar-refractivity contribution is 5.76. The van der Waals surface area contributed by atoms with E-state index in [2.05, 4.69) is 10.1 Å². The van der Waals surface area contributed by atoms with Gasteiger partial charge in [0.25, 0.3) is 0 Å². The minimum Gasteiger partial charge on any atom is -0.435 e. The molecule has 0 bridgehead atoms. The molecule has 0 aromatic heterocycles. The molecule has 0 saturated heterocycles. The van der Waals surface area contributed by atoms with Crippen LogP contribution in [0.4, 0.5) is 8.78 Å². The van der Waals surface area contributed by atoms with E-state index in [1.165, 1.54) is 6.07 Å². The van der Waals surface area contributed by atoms with Crippen LogP contribution in [0.2, 0.25) is 0 Å². The average Bonchev–Trinajstić information content (AvgIpc) is 2.38. The smallest absolute Gasteiger partial charge is 0.387 e. The number of carbonyl (C=O) groups excluding carboxylic acids is 1. The van der Waals surface area contributed by atoms with E-state index >= 15 is 0 Å². The standard InChI is InChI=1S/C14H18F2N2O2/c15-14(16)20-10-4-5-11-9(8-10)2-1-3-12(11)18-13(19)6-7-17/h4-5,8,12,14H,1-3,6-7,17H2,(H,18,19). The first kappa shape index (κ1) is 14.7. The number of ether oxygens (including phenoxy) is 1. The molecule has 0 spiro atoms. The third-order valence-corrected chi connectivity index (χ3v) is 3.36. The molecule has 0 saturated carbocycles. The van der Waals surface area contributed by atoms with Crippen LogP contribution in [0.3, 0.4) is 0 Å². The zero-order chi connectivity index (χ0) is 14.5. The number of fused-ring (bicyclic) bond motifs is 1. The Balaban J connectivity index is 2.13. The first-order valence-corrected chi connectivity index (χ1v) is 6.67. The lowest BCUT2D eigenvalue weighted by molar-refractivity contribution is -0.121. The Labute approximate surface area is 116 Å². The normalized spacial score (nSPS) is 17.7. The molecule has 2 rings (SSSR count). The largest absolute Gasteiger partial charge is 0.435 e. The third-order valence-electron chi connectivity index (χ3n) is 3.36. The van der Waals surface area contributed by atoms with Crippen molar-refractivity contribution in [2.45, 2.75) is 38.3 Å². The predicted octanol–water partition coefficient (Wildman–Crippen LogP) is 2.13. The summed E-state index contributed by atoms with van der Waals surface area (Å²) < 4.78 is 28.8. The number of aryl methyl sites for hydroxylation is 1. The number of benzene rings is 1. The van der Waals surface area contributed by atoms with Crippen LogP contribution < -0.4 is 15.8 Å². The van der Waals surface area contributed by atoms with Crippen molar-refractivity contribution in [1.82, 2.24) is 5.32 Å². The van der Waals surface area contributed by atoms with E-state index in [0.717, 1.165) is 30.4 Å². The summed E-state index contributed by atoms with van der Waals surface area (Å²) in [5.41, 5.74) is 7.27. The van der Waals surface area contributed by atoms with Gasteiger partial charge < -0.3 is 15.8 Å². The zero-order valence-electron chi connectivity index (χ0n) is 11.1. The number of hydrogen-bond acceptors (Lipinski definition) is 3. The van der Waals surface area contributed by atoms with Gasteiger partial charge in [0.15, 0.2) is 0 Å². The SMILES string of the molecule is NCCC(=O)NC1CCCc2cc(OC(F)F)ccc21. The summed E-state index contributed by atoms with van der Waals surface area (Å²) in [5, 5.41) is 2.93. The molecule has 1 amide bonds. The number of amides is 1. The number of alkyl halides is 2. The molecule has 20 heavy (non-hydrogen) atoms. The number of rotatable bonds is 5. The van der Waals surface area contributed by atoms with Crippen molar-refractivity contribution in [1.29, 1.82) is 0 Å². The fourth-order valence-corrected chi connectivity index (χ4v) is 2.51. The summed E-state index contributed by atoms with van der Waals surface area (Å²) in [6, 6.07) is 4.82. The summed E-state index contributed by atoms with van der Waals surface area (Å²) in [4.78, 5) is 11.6. The van der Waals surface area contributed by atoms with Crippen molar-refractivity contribution in [2.75, 3.05) is 6.54 Å². The molecule has 0 heterocycles. The summed E-state index contributed by atoms with van der Waals surface area (Å²) in [5.74, 6) is 0.0749. The fraction of sp³-hybridized carbons (Fsp3) is 0.500. The molecule has 0 radical (unpaired) electrons. The summed E-state index contributed by atoms with van der Waals surface area (Å²) in [7, 11) is 0. The summed E-state index contributed by atoms with van der Waals surface area (Å²) in [6.45, 7) is -2.51. The van der Waals surface area contributed by atoms with Crippen molar-refractivity contribution in [3.8, 4) is 5.75 Å². The first-order valence-electron chi connectivity index (χ1n) is 6.67. The predicted molar refractivity (Wildman–Crippen MR) is 70.6 cm³/mol. The lowest BCUT2D eigenvalue weighted by Gasteiger charge is -2.27. The Morgan fingerprint density at radius 2 is 2.30 bits per heavy atom. The topological polar surface area (TPSA) is 64.4 Å². The monoisotopic (exact) mass is 284 g/mol. The van der Waals surface area contributed by atoms with Gasteiger partial charge in [-0.05, 0) is 42.5 Å². The highest BCUT2D eigenvalue weighted by atomic mass is 19.3. The van der Waals surface area contributed by atoms with Crippen LogP contribution in [-0.2, 0) is 11.2 Å². The van der Waals surface area contributed by atoms with E-state index < -0.39 is 6.61 Å². The number of nitrogens with two attached hydrogens (primary N) is 1. The van der Waals surface area contributed by atoms with Crippen molar-refractivity contribution in [2.24, 2.45) is 5.73 Å². The molecular weight excluding hydrogens is 266 g/mol. The lowest BCUT2D eigenvalue weighted by atomic mass is 9.87. The molecule has 3 N–H and O–H groups in total. The van der Waals surface area contributed by atoms with Crippen molar-refractivity contribution >= 4 is 5.91 Å². The van der Waals surface area contributed by atoms with Gasteiger partial charge in [-0.2, -0.15) is 8.78 Å². The second kappa shape index (κ2) is 6.65. The Hall–Kier alpha value is -1.69. The quantitative estimate of drug-likeness (QED) is 0.870. The van der Waals surface area contributed by atoms with Gasteiger partial charge in [-0.3, -0.25) is 4.79 Å². The van der Waals surface area contributed by atoms with Crippen molar-refractivity contribution in [3.05, 3.63) is 29.3 Å². The van der Waals surface area contributed by atoms with Gasteiger partial charge in [0.2, 0.25) is 5.91 Å². The molecule has 110 valence electrons. The first-order chi connectivity index (χ1) is 9.60. The van der Waals surface area contributed by atoms with Crippen LogP contribution in [0.1, 0.15) is 36.4 Å². The second-order valence-corrected chi connectivity index (χ2v) is 4.79.